The molecule has 0 heterocycles. The summed E-state index contributed by atoms with van der Waals surface area (Å²) in [5, 5.41) is 24.6. The molecule has 0 bridgehead atoms. The van der Waals surface area contributed by atoms with E-state index >= 15 is 0 Å². The van der Waals surface area contributed by atoms with Crippen molar-refractivity contribution < 1.29 is 29.6 Å². The fraction of sp³-hybridized carbons (Fsp3) is 0.600. The second-order valence-electron chi connectivity index (χ2n) is 1.70. The number of esters is 1. The van der Waals surface area contributed by atoms with E-state index in [1.54, 1.807) is 0 Å². The van der Waals surface area contributed by atoms with E-state index in [2.05, 4.69) is 4.74 Å². The molecule has 3 N–H and O–H groups in total. The number of carboxylic acids is 1. The zero-order chi connectivity index (χ0) is 8.85. The Balaban J connectivity index is 3.81. The first-order valence-corrected chi connectivity index (χ1v) is 2.77. The number of aliphatic hydroxyl groups excluding tert-OH is 2. The summed E-state index contributed by atoms with van der Waals surface area (Å²) >= 11 is 0. The molecule has 0 aliphatic rings. The predicted octanol–water partition coefficient (Wildman–Crippen LogP) is -2.03. The molecular formula is C5H8O6. The number of aliphatic carboxylic acids is 1. The lowest BCUT2D eigenvalue weighted by Crippen LogP contribution is -2.29. The number of hydrogen-bond donors (Lipinski definition) is 3. The number of carbonyl (C=O) groups excluding carboxylic acids is 1. The predicted molar refractivity (Wildman–Crippen MR) is 31.7 cm³/mol. The molecule has 0 fully saturated rings. The number of rotatable bonds is 3. The van der Waals surface area contributed by atoms with E-state index in [1.165, 1.54) is 0 Å². The molecule has 0 rings (SSSR count). The second kappa shape index (κ2) is 4.64. The van der Waals surface area contributed by atoms with Crippen molar-refractivity contribution in [3.63, 3.8) is 0 Å². The normalized spacial score (nSPS) is 9.73. The molecule has 6 nitrogen and oxygen atoms in total. The van der Waals surface area contributed by atoms with E-state index in [0.717, 1.165) is 0 Å². The van der Waals surface area contributed by atoms with Gasteiger partial charge in [0.05, 0.1) is 13.2 Å². The lowest BCUT2D eigenvalue weighted by atomic mass is 10.4. The molecule has 0 amide bonds. The van der Waals surface area contributed by atoms with Crippen LogP contribution in [0.4, 0.5) is 0 Å². The summed E-state index contributed by atoms with van der Waals surface area (Å²) in [7, 11) is 0. The van der Waals surface area contributed by atoms with Crippen LogP contribution in [-0.2, 0) is 14.3 Å². The molecule has 0 aliphatic carbocycles. The quantitative estimate of drug-likeness (QED) is 0.328. The van der Waals surface area contributed by atoms with Crippen molar-refractivity contribution in [3.05, 3.63) is 0 Å². The minimum atomic E-state index is -1.75. The molecule has 0 saturated carbocycles. The van der Waals surface area contributed by atoms with E-state index < -0.39 is 31.3 Å². The first-order valence-electron chi connectivity index (χ1n) is 2.77. The molecule has 0 aromatic rings. The fourth-order valence-electron chi connectivity index (χ4n) is 0.334. The molecule has 0 unspecified atom stereocenters. The molecular weight excluding hydrogens is 156 g/mol. The number of hydrogen-bond acceptors (Lipinski definition) is 5. The average Bonchev–Trinajstić information content (AvgIpc) is 1.99. The number of ether oxygens (including phenoxy) is 1. The van der Waals surface area contributed by atoms with E-state index in [9.17, 15) is 9.59 Å². The third-order valence-electron chi connectivity index (χ3n) is 0.856. The largest absolute Gasteiger partial charge is 0.473 e. The highest BCUT2D eigenvalue weighted by molar-refractivity contribution is 6.28. The fourth-order valence-corrected chi connectivity index (χ4v) is 0.334. The van der Waals surface area contributed by atoms with Gasteiger partial charge in [0.25, 0.3) is 0 Å². The third-order valence-corrected chi connectivity index (χ3v) is 0.856. The van der Waals surface area contributed by atoms with Crippen LogP contribution in [0.1, 0.15) is 0 Å². The van der Waals surface area contributed by atoms with Crippen LogP contribution in [0.5, 0.6) is 0 Å². The van der Waals surface area contributed by atoms with Gasteiger partial charge in [-0.25, -0.2) is 9.59 Å². The summed E-state index contributed by atoms with van der Waals surface area (Å²) < 4.78 is 4.07. The van der Waals surface area contributed by atoms with Crippen molar-refractivity contribution in [3.8, 4) is 0 Å². The average molecular weight is 164 g/mol. The minimum absolute atomic E-state index is 0.602. The van der Waals surface area contributed by atoms with Crippen LogP contribution in [0.2, 0.25) is 0 Å². The van der Waals surface area contributed by atoms with Gasteiger partial charge in [-0.2, -0.15) is 0 Å². The van der Waals surface area contributed by atoms with Gasteiger partial charge < -0.3 is 20.1 Å². The standard InChI is InChI=1S/C5H8O6/c6-1-3(2-7)11-5(10)4(8)9/h3,6-7H,1-2H2,(H,8,9). The Labute approximate surface area is 62.0 Å². The van der Waals surface area contributed by atoms with Crippen molar-refractivity contribution in [2.24, 2.45) is 0 Å². The topological polar surface area (TPSA) is 104 Å². The Bertz CT molecular complexity index is 149. The molecule has 0 atom stereocenters. The summed E-state index contributed by atoms with van der Waals surface area (Å²) in [6.07, 6.45) is -1.15. The maximum atomic E-state index is 10.2. The Kier molecular flexibility index (Phi) is 4.16. The van der Waals surface area contributed by atoms with Crippen LogP contribution in [0, 0.1) is 0 Å². The second-order valence-corrected chi connectivity index (χ2v) is 1.70. The van der Waals surface area contributed by atoms with Crippen LogP contribution in [-0.4, -0.2) is 46.6 Å². The van der Waals surface area contributed by atoms with Gasteiger partial charge in [-0.3, -0.25) is 0 Å². The van der Waals surface area contributed by atoms with Crippen LogP contribution in [0.3, 0.4) is 0 Å². The maximum absolute atomic E-state index is 10.2. The molecule has 0 aromatic heterocycles. The van der Waals surface area contributed by atoms with Gasteiger partial charge in [0.2, 0.25) is 0 Å². The lowest BCUT2D eigenvalue weighted by molar-refractivity contribution is -0.170. The maximum Gasteiger partial charge on any atom is 0.417 e. The SMILES string of the molecule is O=C(O)C(=O)OC(CO)CO. The minimum Gasteiger partial charge on any atom is -0.473 e. The molecule has 64 valence electrons. The van der Waals surface area contributed by atoms with Crippen LogP contribution < -0.4 is 0 Å². The summed E-state index contributed by atoms with van der Waals surface area (Å²) in [5.74, 6) is -3.24. The van der Waals surface area contributed by atoms with Gasteiger partial charge in [-0.05, 0) is 0 Å². The van der Waals surface area contributed by atoms with Gasteiger partial charge in [0, 0.05) is 0 Å². The van der Waals surface area contributed by atoms with Gasteiger partial charge in [-0.1, -0.05) is 0 Å². The Morgan fingerprint density at radius 1 is 1.27 bits per heavy atom. The molecule has 6 heteroatoms. The molecule has 0 aliphatic heterocycles. The van der Waals surface area contributed by atoms with E-state index in [-0.39, 0.29) is 0 Å². The summed E-state index contributed by atoms with van der Waals surface area (Å²) in [6, 6.07) is 0. The zero-order valence-corrected chi connectivity index (χ0v) is 5.56. The molecule has 0 saturated heterocycles. The van der Waals surface area contributed by atoms with E-state index in [1.807, 2.05) is 0 Å². The Morgan fingerprint density at radius 2 is 1.73 bits per heavy atom. The Morgan fingerprint density at radius 3 is 2.00 bits per heavy atom. The van der Waals surface area contributed by atoms with Gasteiger partial charge in [0.1, 0.15) is 6.10 Å². The highest BCUT2D eigenvalue weighted by Crippen LogP contribution is 1.89. The van der Waals surface area contributed by atoms with Gasteiger partial charge in [-0.15, -0.1) is 0 Å². The van der Waals surface area contributed by atoms with Crippen molar-refractivity contribution in [2.45, 2.75) is 6.10 Å². The summed E-state index contributed by atoms with van der Waals surface area (Å²) in [5.41, 5.74) is 0. The third kappa shape index (κ3) is 3.54. The van der Waals surface area contributed by atoms with Crippen LogP contribution in [0.25, 0.3) is 0 Å². The first-order chi connectivity index (χ1) is 5.11. The number of carbonyl (C=O) groups is 2. The molecule has 0 radical (unpaired) electrons. The zero-order valence-electron chi connectivity index (χ0n) is 5.56. The van der Waals surface area contributed by atoms with Crippen molar-refractivity contribution in [2.75, 3.05) is 13.2 Å². The highest BCUT2D eigenvalue weighted by Gasteiger charge is 2.18. The van der Waals surface area contributed by atoms with Crippen molar-refractivity contribution >= 4 is 11.9 Å². The van der Waals surface area contributed by atoms with Crippen molar-refractivity contribution in [1.82, 2.24) is 0 Å². The smallest absolute Gasteiger partial charge is 0.417 e. The monoisotopic (exact) mass is 164 g/mol. The highest BCUT2D eigenvalue weighted by atomic mass is 16.6. The van der Waals surface area contributed by atoms with E-state index in [4.69, 9.17) is 15.3 Å². The van der Waals surface area contributed by atoms with Crippen LogP contribution in [0.15, 0.2) is 0 Å². The van der Waals surface area contributed by atoms with E-state index in [0.29, 0.717) is 0 Å². The lowest BCUT2D eigenvalue weighted by Gasteiger charge is -2.09. The first kappa shape index (κ1) is 9.86. The summed E-state index contributed by atoms with van der Waals surface area (Å²) in [6.45, 7) is -1.20. The van der Waals surface area contributed by atoms with Gasteiger partial charge >= 0.3 is 11.9 Å². The number of carboxylic acid groups (broad SMARTS) is 1. The summed E-state index contributed by atoms with van der Waals surface area (Å²) in [4.78, 5) is 20.1. The Hall–Kier alpha value is -1.14. The molecule has 0 aromatic carbocycles. The molecule has 0 spiro atoms. The van der Waals surface area contributed by atoms with Gasteiger partial charge in [0.15, 0.2) is 0 Å². The van der Waals surface area contributed by atoms with Crippen LogP contribution >= 0.6 is 0 Å². The number of aliphatic hydroxyl groups is 2. The molecule has 11 heavy (non-hydrogen) atoms. The van der Waals surface area contributed by atoms with Crippen molar-refractivity contribution in [1.29, 1.82) is 0 Å².